The average molecular weight is 428 g/mol. The molecule has 0 N–H and O–H groups in total. The van der Waals surface area contributed by atoms with Crippen LogP contribution in [-0.2, 0) is 19.1 Å². The second-order valence-corrected chi connectivity index (χ2v) is 6.61. The molecule has 2 atom stereocenters. The summed E-state index contributed by atoms with van der Waals surface area (Å²) in [6, 6.07) is 8.74. The van der Waals surface area contributed by atoms with E-state index < -0.39 is 24.0 Å². The fraction of sp³-hybridized carbons (Fsp3) is 0.304. The highest BCUT2D eigenvalue weighted by molar-refractivity contribution is 5.90. The number of benzene rings is 2. The number of carbonyl (C=O) groups excluding carboxylic acids is 2. The van der Waals surface area contributed by atoms with Crippen molar-refractivity contribution in [2.45, 2.75) is 12.0 Å². The zero-order chi connectivity index (χ0) is 22.5. The number of ether oxygens (including phenoxy) is 6. The Bertz CT molecular complexity index is 1010. The molecule has 1 aliphatic heterocycles. The molecule has 0 aromatic heterocycles. The fourth-order valence-corrected chi connectivity index (χ4v) is 3.57. The second kappa shape index (κ2) is 9.42. The molecule has 8 nitrogen and oxygen atoms in total. The van der Waals surface area contributed by atoms with Crippen LogP contribution in [0.4, 0.5) is 0 Å². The van der Waals surface area contributed by atoms with Gasteiger partial charge in [-0.25, -0.2) is 4.79 Å². The number of hydrogen-bond donors (Lipinski definition) is 0. The predicted molar refractivity (Wildman–Crippen MR) is 112 cm³/mol. The van der Waals surface area contributed by atoms with Gasteiger partial charge in [-0.1, -0.05) is 12.1 Å². The smallest absolute Gasteiger partial charge is 0.330 e. The van der Waals surface area contributed by atoms with Gasteiger partial charge in [0.25, 0.3) is 0 Å². The zero-order valence-electron chi connectivity index (χ0n) is 18.0. The van der Waals surface area contributed by atoms with Crippen LogP contribution in [0.2, 0.25) is 0 Å². The van der Waals surface area contributed by atoms with Gasteiger partial charge in [0.05, 0.1) is 35.5 Å². The minimum atomic E-state index is -0.800. The van der Waals surface area contributed by atoms with Gasteiger partial charge in [0.2, 0.25) is 0 Å². The molecule has 2 unspecified atom stereocenters. The molecule has 0 bridgehead atoms. The zero-order valence-corrected chi connectivity index (χ0v) is 18.0. The maximum atomic E-state index is 12.9. The highest BCUT2D eigenvalue weighted by atomic mass is 16.5. The van der Waals surface area contributed by atoms with Crippen molar-refractivity contribution >= 4 is 18.0 Å². The second-order valence-electron chi connectivity index (χ2n) is 6.61. The topological polar surface area (TPSA) is 89.5 Å². The molecule has 0 saturated heterocycles. The summed E-state index contributed by atoms with van der Waals surface area (Å²) in [7, 11) is 7.19. The molecule has 2 aromatic rings. The molecule has 0 spiro atoms. The molecule has 0 aliphatic carbocycles. The first-order valence-electron chi connectivity index (χ1n) is 9.42. The summed E-state index contributed by atoms with van der Waals surface area (Å²) in [4.78, 5) is 24.5. The summed E-state index contributed by atoms with van der Waals surface area (Å²) in [6.07, 6.45) is 2.14. The van der Waals surface area contributed by atoms with Crippen LogP contribution in [0.3, 0.4) is 0 Å². The van der Waals surface area contributed by atoms with E-state index in [1.54, 1.807) is 43.5 Å². The lowest BCUT2D eigenvalue weighted by Gasteiger charge is -2.19. The molecule has 0 fully saturated rings. The van der Waals surface area contributed by atoms with Crippen LogP contribution in [0.1, 0.15) is 28.7 Å². The molecule has 8 heteroatoms. The largest absolute Gasteiger partial charge is 0.493 e. The van der Waals surface area contributed by atoms with Crippen molar-refractivity contribution in [1.82, 2.24) is 0 Å². The van der Waals surface area contributed by atoms with Gasteiger partial charge in [0.1, 0.15) is 12.0 Å². The molecule has 3 rings (SSSR count). The SMILES string of the molecule is COC(=O)/C=C/c1ccc(OC)c2c1C(C(=O)OC)C(c1ccc(OC)c(OC)c1)O2. The van der Waals surface area contributed by atoms with Crippen molar-refractivity contribution in [3.05, 3.63) is 53.1 Å². The first-order valence-corrected chi connectivity index (χ1v) is 9.42. The van der Waals surface area contributed by atoms with Crippen LogP contribution < -0.4 is 18.9 Å². The number of methoxy groups -OCH3 is 5. The third-order valence-corrected chi connectivity index (χ3v) is 5.06. The van der Waals surface area contributed by atoms with Crippen LogP contribution >= 0.6 is 0 Å². The number of hydrogen-bond acceptors (Lipinski definition) is 8. The van der Waals surface area contributed by atoms with Crippen LogP contribution in [0.5, 0.6) is 23.0 Å². The van der Waals surface area contributed by atoms with Gasteiger partial charge in [0, 0.05) is 11.6 Å². The van der Waals surface area contributed by atoms with Gasteiger partial charge in [0.15, 0.2) is 23.0 Å². The van der Waals surface area contributed by atoms with Crippen molar-refractivity contribution in [3.8, 4) is 23.0 Å². The lowest BCUT2D eigenvalue weighted by atomic mass is 9.87. The third-order valence-electron chi connectivity index (χ3n) is 5.06. The Balaban J connectivity index is 2.16. The van der Waals surface area contributed by atoms with E-state index in [0.717, 1.165) is 0 Å². The van der Waals surface area contributed by atoms with Gasteiger partial charge < -0.3 is 28.4 Å². The summed E-state index contributed by atoms with van der Waals surface area (Å²) >= 11 is 0. The van der Waals surface area contributed by atoms with Crippen LogP contribution in [0.25, 0.3) is 6.08 Å². The Hall–Kier alpha value is -3.68. The number of fused-ring (bicyclic) bond motifs is 1. The van der Waals surface area contributed by atoms with Crippen LogP contribution in [0, 0.1) is 0 Å². The van der Waals surface area contributed by atoms with Crippen molar-refractivity contribution in [1.29, 1.82) is 0 Å². The molecular formula is C23H24O8. The Morgan fingerprint density at radius 1 is 0.871 bits per heavy atom. The van der Waals surface area contributed by atoms with Crippen molar-refractivity contribution in [2.24, 2.45) is 0 Å². The standard InChI is InChI=1S/C23H24O8/c1-26-15-9-7-14(12-17(15)28-3)21-20(23(25)30-5)19-13(8-11-18(24)29-4)6-10-16(27-2)22(19)31-21/h6-12,20-21H,1-5H3/b11-8+. The normalized spacial score (nSPS) is 16.9. The minimum absolute atomic E-state index is 0.407. The molecule has 1 heterocycles. The van der Waals surface area contributed by atoms with Gasteiger partial charge in [-0.2, -0.15) is 0 Å². The van der Waals surface area contributed by atoms with Gasteiger partial charge in [-0.05, 0) is 35.4 Å². The maximum absolute atomic E-state index is 12.9. The Morgan fingerprint density at radius 3 is 2.16 bits per heavy atom. The number of esters is 2. The maximum Gasteiger partial charge on any atom is 0.330 e. The molecule has 2 aromatic carbocycles. The Kier molecular flexibility index (Phi) is 6.69. The molecular weight excluding hydrogens is 404 g/mol. The van der Waals surface area contributed by atoms with E-state index in [4.69, 9.17) is 23.7 Å². The van der Waals surface area contributed by atoms with Crippen LogP contribution in [-0.4, -0.2) is 47.5 Å². The highest BCUT2D eigenvalue weighted by Crippen LogP contribution is 2.53. The average Bonchev–Trinajstić information content (AvgIpc) is 3.22. The number of rotatable bonds is 7. The van der Waals surface area contributed by atoms with Gasteiger partial charge in [-0.15, -0.1) is 0 Å². The van der Waals surface area contributed by atoms with E-state index in [1.165, 1.54) is 34.5 Å². The van der Waals surface area contributed by atoms with E-state index in [0.29, 0.717) is 39.7 Å². The van der Waals surface area contributed by atoms with Crippen molar-refractivity contribution in [2.75, 3.05) is 35.5 Å². The molecule has 0 radical (unpaired) electrons. The van der Waals surface area contributed by atoms with Crippen molar-refractivity contribution < 1.29 is 38.0 Å². The summed E-state index contributed by atoms with van der Waals surface area (Å²) in [5.41, 5.74) is 1.86. The number of carbonyl (C=O) groups is 2. The van der Waals surface area contributed by atoms with E-state index in [-0.39, 0.29) is 0 Å². The Labute approximate surface area is 180 Å². The molecule has 0 amide bonds. The summed E-state index contributed by atoms with van der Waals surface area (Å²) in [5.74, 6) is 0.114. The van der Waals surface area contributed by atoms with E-state index in [2.05, 4.69) is 4.74 Å². The summed E-state index contributed by atoms with van der Waals surface area (Å²) in [5, 5.41) is 0. The molecule has 0 saturated carbocycles. The Morgan fingerprint density at radius 2 is 1.55 bits per heavy atom. The fourth-order valence-electron chi connectivity index (χ4n) is 3.57. The van der Waals surface area contributed by atoms with E-state index in [1.807, 2.05) is 0 Å². The molecule has 31 heavy (non-hydrogen) atoms. The first kappa shape index (κ1) is 22.0. The van der Waals surface area contributed by atoms with E-state index >= 15 is 0 Å². The van der Waals surface area contributed by atoms with E-state index in [9.17, 15) is 9.59 Å². The van der Waals surface area contributed by atoms with Gasteiger partial charge in [-0.3, -0.25) is 4.79 Å². The van der Waals surface area contributed by atoms with Crippen molar-refractivity contribution in [3.63, 3.8) is 0 Å². The summed E-state index contributed by atoms with van der Waals surface area (Å²) < 4.78 is 32.1. The van der Waals surface area contributed by atoms with Crippen LogP contribution in [0.15, 0.2) is 36.4 Å². The molecule has 164 valence electrons. The first-order chi connectivity index (χ1) is 15.0. The van der Waals surface area contributed by atoms with Gasteiger partial charge >= 0.3 is 11.9 Å². The highest BCUT2D eigenvalue weighted by Gasteiger charge is 2.44. The quantitative estimate of drug-likeness (QED) is 0.490. The lowest BCUT2D eigenvalue weighted by molar-refractivity contribution is -0.144. The third kappa shape index (κ3) is 4.14. The monoisotopic (exact) mass is 428 g/mol. The molecule has 1 aliphatic rings. The predicted octanol–water partition coefficient (Wildman–Crippen LogP) is 3.29. The summed E-state index contributed by atoms with van der Waals surface area (Å²) in [6.45, 7) is 0. The minimum Gasteiger partial charge on any atom is -0.493 e. The lowest BCUT2D eigenvalue weighted by Crippen LogP contribution is -2.20.